The molecular weight excluding hydrogens is 376 g/mol. The zero-order valence-corrected chi connectivity index (χ0v) is 16.4. The Labute approximate surface area is 158 Å². The summed E-state index contributed by atoms with van der Waals surface area (Å²) < 4.78 is 31.0. The number of para-hydroxylation sites is 1. The van der Waals surface area contributed by atoms with Crippen LogP contribution in [-0.4, -0.2) is 39.8 Å². The Morgan fingerprint density at radius 2 is 1.88 bits per heavy atom. The van der Waals surface area contributed by atoms with Crippen LogP contribution in [0.2, 0.25) is 5.02 Å². The first kappa shape index (κ1) is 20.2. The number of nitrogens with one attached hydrogen (secondary N) is 1. The molecule has 0 aliphatic heterocycles. The van der Waals surface area contributed by atoms with Gasteiger partial charge in [-0.1, -0.05) is 23.7 Å². The quantitative estimate of drug-likeness (QED) is 0.779. The summed E-state index contributed by atoms with van der Waals surface area (Å²) >= 11 is 6.03. The lowest BCUT2D eigenvalue weighted by Crippen LogP contribution is -2.22. The molecule has 1 N–H and O–H groups in total. The lowest BCUT2D eigenvalue weighted by atomic mass is 10.1. The largest absolute Gasteiger partial charge is 0.496 e. The molecule has 1 amide bonds. The summed E-state index contributed by atoms with van der Waals surface area (Å²) in [7, 11) is 0.882. The Morgan fingerprint density at radius 3 is 2.50 bits per heavy atom. The lowest BCUT2D eigenvalue weighted by molar-refractivity contribution is -0.116. The Kier molecular flexibility index (Phi) is 6.63. The van der Waals surface area contributed by atoms with Gasteiger partial charge in [-0.2, -0.15) is 0 Å². The molecule has 8 heteroatoms. The van der Waals surface area contributed by atoms with E-state index in [0.717, 1.165) is 4.31 Å². The number of halogens is 1. The van der Waals surface area contributed by atoms with Crippen LogP contribution in [-0.2, 0) is 21.2 Å². The van der Waals surface area contributed by atoms with Crippen LogP contribution in [0.4, 0.5) is 5.69 Å². The maximum absolute atomic E-state index is 12.3. The molecule has 140 valence electrons. The van der Waals surface area contributed by atoms with Gasteiger partial charge in [0.1, 0.15) is 5.75 Å². The Morgan fingerprint density at radius 1 is 1.19 bits per heavy atom. The van der Waals surface area contributed by atoms with Crippen molar-refractivity contribution >= 4 is 33.2 Å². The summed E-state index contributed by atoms with van der Waals surface area (Å²) in [6.07, 6.45) is 0.489. The van der Waals surface area contributed by atoms with E-state index in [1.165, 1.54) is 33.3 Å². The highest BCUT2D eigenvalue weighted by Crippen LogP contribution is 2.26. The molecule has 2 aromatic rings. The van der Waals surface area contributed by atoms with Gasteiger partial charge < -0.3 is 10.1 Å². The average molecular weight is 397 g/mol. The third kappa shape index (κ3) is 4.75. The van der Waals surface area contributed by atoms with Crippen molar-refractivity contribution in [3.63, 3.8) is 0 Å². The van der Waals surface area contributed by atoms with E-state index in [9.17, 15) is 13.2 Å². The molecule has 2 aromatic carbocycles. The summed E-state index contributed by atoms with van der Waals surface area (Å²) in [4.78, 5) is 12.3. The van der Waals surface area contributed by atoms with Crippen LogP contribution in [0, 0.1) is 0 Å². The van der Waals surface area contributed by atoms with Crippen LogP contribution in [0.25, 0.3) is 0 Å². The van der Waals surface area contributed by atoms with Gasteiger partial charge in [-0.3, -0.25) is 4.79 Å². The third-order valence-corrected chi connectivity index (χ3v) is 5.94. The molecule has 0 saturated carbocycles. The van der Waals surface area contributed by atoms with E-state index in [1.54, 1.807) is 30.3 Å². The molecule has 6 nitrogen and oxygen atoms in total. The number of ether oxygens (including phenoxy) is 1. The predicted octanol–water partition coefficient (Wildman–Crippen LogP) is 3.17. The van der Waals surface area contributed by atoms with Gasteiger partial charge in [0.05, 0.1) is 22.7 Å². The molecule has 0 fully saturated rings. The van der Waals surface area contributed by atoms with E-state index in [-0.39, 0.29) is 17.2 Å². The average Bonchev–Trinajstić information content (AvgIpc) is 2.61. The molecule has 0 saturated heterocycles. The summed E-state index contributed by atoms with van der Waals surface area (Å²) in [5, 5.41) is 3.20. The van der Waals surface area contributed by atoms with Crippen molar-refractivity contribution < 1.29 is 17.9 Å². The number of anilines is 1. The van der Waals surface area contributed by atoms with E-state index in [4.69, 9.17) is 16.3 Å². The predicted molar refractivity (Wildman–Crippen MR) is 102 cm³/mol. The number of methoxy groups -OCH3 is 1. The van der Waals surface area contributed by atoms with Crippen LogP contribution in [0.1, 0.15) is 12.0 Å². The number of sulfonamides is 1. The zero-order valence-electron chi connectivity index (χ0n) is 14.8. The fraction of sp³-hybridized carbons (Fsp3) is 0.278. The monoisotopic (exact) mass is 396 g/mol. The van der Waals surface area contributed by atoms with Gasteiger partial charge >= 0.3 is 0 Å². The molecule has 26 heavy (non-hydrogen) atoms. The molecule has 0 atom stereocenters. The Bertz CT molecular complexity index is 898. The lowest BCUT2D eigenvalue weighted by Gasteiger charge is -2.14. The van der Waals surface area contributed by atoms with Crippen LogP contribution < -0.4 is 10.1 Å². The van der Waals surface area contributed by atoms with Crippen LogP contribution >= 0.6 is 11.6 Å². The van der Waals surface area contributed by atoms with Crippen LogP contribution in [0.15, 0.2) is 47.4 Å². The minimum atomic E-state index is -3.56. The molecule has 0 spiro atoms. The number of carbonyl (C=O) groups excluding carboxylic acids is 1. The maximum Gasteiger partial charge on any atom is 0.242 e. The highest BCUT2D eigenvalue weighted by atomic mass is 35.5. The minimum Gasteiger partial charge on any atom is -0.496 e. The number of rotatable bonds is 7. The molecule has 0 aromatic heterocycles. The zero-order chi connectivity index (χ0) is 19.3. The highest BCUT2D eigenvalue weighted by Gasteiger charge is 2.19. The second-order valence-corrected chi connectivity index (χ2v) is 8.35. The second kappa shape index (κ2) is 8.53. The molecule has 0 aliphatic rings. The van der Waals surface area contributed by atoms with E-state index in [2.05, 4.69) is 5.32 Å². The third-order valence-electron chi connectivity index (χ3n) is 3.80. The molecule has 0 bridgehead atoms. The van der Waals surface area contributed by atoms with Gasteiger partial charge in [0, 0.05) is 20.5 Å². The number of nitrogens with zero attached hydrogens (tertiary/aromatic N) is 1. The van der Waals surface area contributed by atoms with E-state index < -0.39 is 10.0 Å². The SMILES string of the molecule is COc1ccc(S(=O)(=O)N(C)C)cc1CCC(=O)Nc1ccccc1Cl. The normalized spacial score (nSPS) is 11.4. The maximum atomic E-state index is 12.3. The molecule has 0 heterocycles. The van der Waals surface area contributed by atoms with Crippen LogP contribution in [0.5, 0.6) is 5.75 Å². The van der Waals surface area contributed by atoms with Crippen molar-refractivity contribution in [2.24, 2.45) is 0 Å². The number of aryl methyl sites for hydroxylation is 1. The van der Waals surface area contributed by atoms with Crippen molar-refractivity contribution in [2.45, 2.75) is 17.7 Å². The summed E-state index contributed by atoms with van der Waals surface area (Å²) in [5.74, 6) is 0.314. The van der Waals surface area contributed by atoms with Gasteiger partial charge in [0.2, 0.25) is 15.9 Å². The van der Waals surface area contributed by atoms with Gasteiger partial charge in [-0.05, 0) is 42.3 Å². The Hall–Kier alpha value is -2.09. The fourth-order valence-corrected chi connectivity index (χ4v) is 3.48. The molecule has 0 aliphatic carbocycles. The summed E-state index contributed by atoms with van der Waals surface area (Å²) in [6.45, 7) is 0. The number of hydrogen-bond donors (Lipinski definition) is 1. The van der Waals surface area contributed by atoms with Crippen molar-refractivity contribution in [3.8, 4) is 5.75 Å². The van der Waals surface area contributed by atoms with Crippen molar-refractivity contribution in [1.82, 2.24) is 4.31 Å². The molecular formula is C18H21ClN2O4S. The molecule has 0 unspecified atom stereocenters. The van der Waals surface area contributed by atoms with Gasteiger partial charge in [0.25, 0.3) is 0 Å². The summed E-state index contributed by atoms with van der Waals surface area (Å²) in [5.41, 5.74) is 1.18. The van der Waals surface area contributed by atoms with Crippen LogP contribution in [0.3, 0.4) is 0 Å². The van der Waals surface area contributed by atoms with Gasteiger partial charge in [-0.25, -0.2) is 12.7 Å². The Balaban J connectivity index is 2.15. The van der Waals surface area contributed by atoms with Crippen molar-refractivity contribution in [1.29, 1.82) is 0 Å². The number of carbonyl (C=O) groups is 1. The van der Waals surface area contributed by atoms with Crippen molar-refractivity contribution in [3.05, 3.63) is 53.1 Å². The molecule has 2 rings (SSSR count). The number of hydrogen-bond acceptors (Lipinski definition) is 4. The second-order valence-electron chi connectivity index (χ2n) is 5.79. The van der Waals surface area contributed by atoms with E-state index in [0.29, 0.717) is 28.4 Å². The minimum absolute atomic E-state index is 0.157. The van der Waals surface area contributed by atoms with E-state index in [1.807, 2.05) is 0 Å². The van der Waals surface area contributed by atoms with Gasteiger partial charge in [-0.15, -0.1) is 0 Å². The standard InChI is InChI=1S/C18H21ClN2O4S/c1-21(2)26(23,24)14-9-10-17(25-3)13(12-14)8-11-18(22)20-16-7-5-4-6-15(16)19/h4-7,9-10,12H,8,11H2,1-3H3,(H,20,22). The van der Waals surface area contributed by atoms with E-state index >= 15 is 0 Å². The topological polar surface area (TPSA) is 75.7 Å². The smallest absolute Gasteiger partial charge is 0.242 e. The fourth-order valence-electron chi connectivity index (χ4n) is 2.35. The summed E-state index contributed by atoms with van der Waals surface area (Å²) in [6, 6.07) is 11.6. The van der Waals surface area contributed by atoms with Crippen molar-refractivity contribution in [2.75, 3.05) is 26.5 Å². The molecule has 0 radical (unpaired) electrons. The number of amides is 1. The first-order chi connectivity index (χ1) is 12.3. The first-order valence-electron chi connectivity index (χ1n) is 7.89. The first-order valence-corrected chi connectivity index (χ1v) is 9.71. The van der Waals surface area contributed by atoms with Gasteiger partial charge in [0.15, 0.2) is 0 Å². The highest BCUT2D eigenvalue weighted by molar-refractivity contribution is 7.89. The number of benzene rings is 2.